The molecule has 0 heterocycles. The van der Waals surface area contributed by atoms with E-state index in [4.69, 9.17) is 9.84 Å². The van der Waals surface area contributed by atoms with Crippen molar-refractivity contribution in [1.82, 2.24) is 5.32 Å². The second kappa shape index (κ2) is 8.28. The molecule has 0 aliphatic rings. The average molecular weight is 279 g/mol. The molecule has 0 spiro atoms. The van der Waals surface area contributed by atoms with Gasteiger partial charge < -0.3 is 15.2 Å². The number of aliphatic hydroxyl groups excluding tert-OH is 1. The topological polar surface area (TPSA) is 41.5 Å². The molecule has 1 aromatic rings. The first-order chi connectivity index (χ1) is 9.46. The maximum Gasteiger partial charge on any atom is 0.118 e. The first-order valence-electron chi connectivity index (χ1n) is 7.44. The van der Waals surface area contributed by atoms with Crippen LogP contribution in [-0.4, -0.2) is 31.4 Å². The molecule has 114 valence electrons. The number of hydrogen-bond donors (Lipinski definition) is 2. The summed E-state index contributed by atoms with van der Waals surface area (Å²) in [7, 11) is 1.69. The minimum Gasteiger partial charge on any atom is -0.497 e. The summed E-state index contributed by atoms with van der Waals surface area (Å²) in [5.41, 5.74) is 1.55. The van der Waals surface area contributed by atoms with Crippen molar-refractivity contribution in [3.8, 4) is 5.75 Å². The third-order valence-corrected chi connectivity index (χ3v) is 3.64. The van der Waals surface area contributed by atoms with E-state index in [0.29, 0.717) is 6.04 Å². The van der Waals surface area contributed by atoms with Crippen molar-refractivity contribution >= 4 is 0 Å². The molecule has 0 fully saturated rings. The fourth-order valence-electron chi connectivity index (χ4n) is 2.28. The van der Waals surface area contributed by atoms with Crippen LogP contribution in [-0.2, 0) is 6.42 Å². The molecule has 1 rings (SSSR count). The number of nitrogens with one attached hydrogen (secondary N) is 1. The first kappa shape index (κ1) is 17.0. The Labute approximate surface area is 123 Å². The lowest BCUT2D eigenvalue weighted by molar-refractivity contribution is 0.232. The minimum atomic E-state index is 0.233. The number of aliphatic hydroxyl groups is 1. The van der Waals surface area contributed by atoms with Gasteiger partial charge in [-0.3, -0.25) is 0 Å². The Morgan fingerprint density at radius 1 is 1.25 bits per heavy atom. The van der Waals surface area contributed by atoms with Gasteiger partial charge >= 0.3 is 0 Å². The molecular formula is C17H29NO2. The quantitative estimate of drug-likeness (QED) is 0.730. The molecule has 0 amide bonds. The second-order valence-corrected chi connectivity index (χ2v) is 6.33. The van der Waals surface area contributed by atoms with Gasteiger partial charge in [0.15, 0.2) is 0 Å². The molecule has 0 aliphatic carbocycles. The molecule has 3 nitrogen and oxygen atoms in total. The Hall–Kier alpha value is -1.06. The van der Waals surface area contributed by atoms with E-state index in [0.717, 1.165) is 31.6 Å². The summed E-state index contributed by atoms with van der Waals surface area (Å²) >= 11 is 0. The van der Waals surface area contributed by atoms with Gasteiger partial charge in [0.2, 0.25) is 0 Å². The first-order valence-corrected chi connectivity index (χ1v) is 7.44. The van der Waals surface area contributed by atoms with Gasteiger partial charge in [-0.1, -0.05) is 26.0 Å². The molecule has 1 atom stereocenters. The summed E-state index contributed by atoms with van der Waals surface area (Å²) in [6.45, 7) is 7.97. The van der Waals surface area contributed by atoms with Crippen LogP contribution in [0.3, 0.4) is 0 Å². The van der Waals surface area contributed by atoms with Gasteiger partial charge in [0.1, 0.15) is 5.75 Å². The second-order valence-electron chi connectivity index (χ2n) is 6.33. The molecule has 0 aliphatic heterocycles. The Bertz CT molecular complexity index is 373. The fourth-order valence-corrected chi connectivity index (χ4v) is 2.28. The van der Waals surface area contributed by atoms with Crippen LogP contribution in [0.15, 0.2) is 24.3 Å². The van der Waals surface area contributed by atoms with Gasteiger partial charge in [0, 0.05) is 19.2 Å². The number of methoxy groups -OCH3 is 1. The van der Waals surface area contributed by atoms with Crippen LogP contribution in [0.2, 0.25) is 0 Å². The van der Waals surface area contributed by atoms with Crippen molar-refractivity contribution in [3.63, 3.8) is 0 Å². The number of hydrogen-bond acceptors (Lipinski definition) is 3. The van der Waals surface area contributed by atoms with Crippen molar-refractivity contribution in [2.45, 2.75) is 46.1 Å². The van der Waals surface area contributed by atoms with Crippen LogP contribution >= 0.6 is 0 Å². The fraction of sp³-hybridized carbons (Fsp3) is 0.647. The molecule has 0 aromatic heterocycles. The normalized spacial score (nSPS) is 13.2. The van der Waals surface area contributed by atoms with Gasteiger partial charge in [-0.25, -0.2) is 0 Å². The highest BCUT2D eigenvalue weighted by Gasteiger charge is 2.18. The zero-order chi connectivity index (χ0) is 15.0. The van der Waals surface area contributed by atoms with E-state index in [1.165, 1.54) is 5.56 Å². The highest BCUT2D eigenvalue weighted by atomic mass is 16.5. The van der Waals surface area contributed by atoms with E-state index in [1.807, 2.05) is 12.1 Å². The van der Waals surface area contributed by atoms with Gasteiger partial charge in [0.05, 0.1) is 7.11 Å². The molecule has 0 saturated carbocycles. The Morgan fingerprint density at radius 2 is 1.90 bits per heavy atom. The van der Waals surface area contributed by atoms with Crippen molar-refractivity contribution in [2.75, 3.05) is 20.3 Å². The monoisotopic (exact) mass is 279 g/mol. The third kappa shape index (κ3) is 6.40. The lowest BCUT2D eigenvalue weighted by atomic mass is 9.87. The molecule has 3 heteroatoms. The molecular weight excluding hydrogens is 250 g/mol. The Kier molecular flexibility index (Phi) is 7.03. The Morgan fingerprint density at radius 3 is 2.45 bits per heavy atom. The number of rotatable bonds is 9. The summed E-state index contributed by atoms with van der Waals surface area (Å²) in [6, 6.07) is 8.69. The SMILES string of the molecule is COc1ccc(CC(C)NCC(C)(C)CCCO)cc1. The maximum absolute atomic E-state index is 8.91. The average Bonchev–Trinajstić information content (AvgIpc) is 2.44. The van der Waals surface area contributed by atoms with Crippen LogP contribution in [0.25, 0.3) is 0 Å². The Balaban J connectivity index is 2.37. The largest absolute Gasteiger partial charge is 0.497 e. The smallest absolute Gasteiger partial charge is 0.118 e. The molecule has 20 heavy (non-hydrogen) atoms. The van der Waals surface area contributed by atoms with Crippen molar-refractivity contribution in [3.05, 3.63) is 29.8 Å². The predicted octanol–water partition coefficient (Wildman–Crippen LogP) is 3.01. The van der Waals surface area contributed by atoms with Gasteiger partial charge in [-0.05, 0) is 49.3 Å². The summed E-state index contributed by atoms with van der Waals surface area (Å²) < 4.78 is 5.17. The molecule has 0 radical (unpaired) electrons. The molecule has 1 aromatic carbocycles. The van der Waals surface area contributed by atoms with E-state index >= 15 is 0 Å². The van der Waals surface area contributed by atoms with E-state index in [9.17, 15) is 0 Å². The lowest BCUT2D eigenvalue weighted by Crippen LogP contribution is -2.36. The predicted molar refractivity (Wildman–Crippen MR) is 84.3 cm³/mol. The van der Waals surface area contributed by atoms with Crippen molar-refractivity contribution in [1.29, 1.82) is 0 Å². The number of benzene rings is 1. The summed E-state index contributed by atoms with van der Waals surface area (Å²) in [5, 5.41) is 12.5. The molecule has 1 unspecified atom stereocenters. The lowest BCUT2D eigenvalue weighted by Gasteiger charge is -2.27. The standard InChI is InChI=1S/C17H29NO2/c1-14(18-13-17(2,3)10-5-11-19)12-15-6-8-16(20-4)9-7-15/h6-9,14,18-19H,5,10-13H2,1-4H3. The molecule has 2 N–H and O–H groups in total. The van der Waals surface area contributed by atoms with Gasteiger partial charge in [-0.2, -0.15) is 0 Å². The summed E-state index contributed by atoms with van der Waals surface area (Å²) in [6.07, 6.45) is 2.94. The summed E-state index contributed by atoms with van der Waals surface area (Å²) in [4.78, 5) is 0. The number of ether oxygens (including phenoxy) is 1. The van der Waals surface area contributed by atoms with Gasteiger partial charge in [-0.15, -0.1) is 0 Å². The highest BCUT2D eigenvalue weighted by molar-refractivity contribution is 5.27. The van der Waals surface area contributed by atoms with Crippen molar-refractivity contribution in [2.24, 2.45) is 5.41 Å². The molecule has 0 saturated heterocycles. The van der Waals surface area contributed by atoms with Crippen molar-refractivity contribution < 1.29 is 9.84 Å². The highest BCUT2D eigenvalue weighted by Crippen LogP contribution is 2.21. The van der Waals surface area contributed by atoms with E-state index in [1.54, 1.807) is 7.11 Å². The van der Waals surface area contributed by atoms with Crippen LogP contribution < -0.4 is 10.1 Å². The zero-order valence-corrected chi connectivity index (χ0v) is 13.3. The van der Waals surface area contributed by atoms with Crippen LogP contribution in [0.5, 0.6) is 5.75 Å². The van der Waals surface area contributed by atoms with Crippen LogP contribution in [0.1, 0.15) is 39.2 Å². The third-order valence-electron chi connectivity index (χ3n) is 3.64. The van der Waals surface area contributed by atoms with E-state index < -0.39 is 0 Å². The molecule has 0 bridgehead atoms. The summed E-state index contributed by atoms with van der Waals surface area (Å²) in [5.74, 6) is 0.902. The minimum absolute atomic E-state index is 0.233. The van der Waals surface area contributed by atoms with Crippen LogP contribution in [0.4, 0.5) is 0 Å². The van der Waals surface area contributed by atoms with Crippen LogP contribution in [0, 0.1) is 5.41 Å². The van der Waals surface area contributed by atoms with E-state index in [-0.39, 0.29) is 12.0 Å². The van der Waals surface area contributed by atoms with Gasteiger partial charge in [0.25, 0.3) is 0 Å². The maximum atomic E-state index is 8.91. The zero-order valence-electron chi connectivity index (χ0n) is 13.3. The van der Waals surface area contributed by atoms with E-state index in [2.05, 4.69) is 38.2 Å².